The van der Waals surface area contributed by atoms with E-state index < -0.39 is 0 Å². The molecule has 8 heteroatoms. The number of hydrogen-bond acceptors (Lipinski definition) is 5. The zero-order valence-electron chi connectivity index (χ0n) is 13.2. The summed E-state index contributed by atoms with van der Waals surface area (Å²) < 4.78 is 16.6. The van der Waals surface area contributed by atoms with Gasteiger partial charge in [-0.25, -0.2) is 9.37 Å². The van der Waals surface area contributed by atoms with Crippen LogP contribution in [-0.2, 0) is 0 Å². The summed E-state index contributed by atoms with van der Waals surface area (Å²) in [7, 11) is 0. The Hall–Kier alpha value is -2.61. The van der Waals surface area contributed by atoms with Crippen LogP contribution in [0.15, 0.2) is 41.1 Å². The van der Waals surface area contributed by atoms with Crippen LogP contribution in [0.25, 0.3) is 11.7 Å². The van der Waals surface area contributed by atoms with Gasteiger partial charge in [-0.1, -0.05) is 15.9 Å². The van der Waals surface area contributed by atoms with Gasteiger partial charge in [0.15, 0.2) is 5.65 Å². The molecule has 0 spiro atoms. The molecule has 0 saturated heterocycles. The largest absolute Gasteiger partial charge is 0.405 e. The van der Waals surface area contributed by atoms with Crippen molar-refractivity contribution in [2.45, 2.75) is 18.9 Å². The van der Waals surface area contributed by atoms with E-state index in [1.807, 2.05) is 6.07 Å². The number of halogens is 2. The molecule has 4 N–H and O–H groups in total. The number of nitrogens with zero attached hydrogens (tertiary/aromatic N) is 3. The quantitative estimate of drug-likeness (QED) is 0.603. The maximum absolute atomic E-state index is 14.1. The molecular weight excluding hydrogens is 387 g/mol. The van der Waals surface area contributed by atoms with Gasteiger partial charge >= 0.3 is 0 Å². The Morgan fingerprint density at radius 3 is 2.92 bits per heavy atom. The van der Waals surface area contributed by atoms with Crippen molar-refractivity contribution in [1.82, 2.24) is 14.6 Å². The Kier molecular flexibility index (Phi) is 4.04. The second-order valence-electron chi connectivity index (χ2n) is 5.89. The third-order valence-corrected chi connectivity index (χ3v) is 4.39. The first-order valence-electron chi connectivity index (χ1n) is 7.90. The fourth-order valence-corrected chi connectivity index (χ4v) is 2.90. The van der Waals surface area contributed by atoms with Crippen molar-refractivity contribution in [3.63, 3.8) is 0 Å². The molecule has 1 aliphatic carbocycles. The minimum Gasteiger partial charge on any atom is -0.405 e. The highest BCUT2D eigenvalue weighted by atomic mass is 79.9. The Morgan fingerprint density at radius 1 is 1.32 bits per heavy atom. The van der Waals surface area contributed by atoms with E-state index in [-0.39, 0.29) is 5.82 Å². The van der Waals surface area contributed by atoms with Crippen LogP contribution in [0.5, 0.6) is 0 Å². The average Bonchev–Trinajstić information content (AvgIpc) is 3.31. The predicted octanol–water partition coefficient (Wildman–Crippen LogP) is 3.88. The molecule has 1 saturated carbocycles. The van der Waals surface area contributed by atoms with Gasteiger partial charge in [-0.15, -0.1) is 0 Å². The van der Waals surface area contributed by atoms with Gasteiger partial charge in [-0.2, -0.15) is 9.61 Å². The van der Waals surface area contributed by atoms with Crippen LogP contribution in [0.1, 0.15) is 18.4 Å². The van der Waals surface area contributed by atoms with Crippen molar-refractivity contribution < 1.29 is 4.39 Å². The average molecular weight is 403 g/mol. The number of anilines is 3. The molecule has 2 heterocycles. The fraction of sp³-hybridized carbons (Fsp3) is 0.176. The first-order valence-corrected chi connectivity index (χ1v) is 8.69. The summed E-state index contributed by atoms with van der Waals surface area (Å²) in [4.78, 5) is 4.57. The lowest BCUT2D eigenvalue weighted by Gasteiger charge is -2.12. The van der Waals surface area contributed by atoms with Crippen LogP contribution in [0, 0.1) is 5.82 Å². The van der Waals surface area contributed by atoms with E-state index in [1.54, 1.807) is 28.9 Å². The fourth-order valence-electron chi connectivity index (χ4n) is 2.54. The van der Waals surface area contributed by atoms with Crippen molar-refractivity contribution in [2.75, 3.05) is 10.6 Å². The molecule has 3 aromatic rings. The standard InChI is InChI=1S/C17H16BrFN6/c18-11-1-4-13(19)14(7-11)23-15-8-16(22-12-2-3-12)25-17(24-15)10(5-6-20)9-21-25/h1,4-9,12,22H,2-3,20H2,(H,23,24)/b6-5-. The highest BCUT2D eigenvalue weighted by Gasteiger charge is 2.23. The second kappa shape index (κ2) is 6.36. The van der Waals surface area contributed by atoms with Gasteiger partial charge in [0, 0.05) is 22.1 Å². The first kappa shape index (κ1) is 15.9. The van der Waals surface area contributed by atoms with Crippen LogP contribution in [0.2, 0.25) is 0 Å². The molecule has 2 aromatic heterocycles. The highest BCUT2D eigenvalue weighted by Crippen LogP contribution is 2.29. The number of aromatic nitrogens is 3. The van der Waals surface area contributed by atoms with Crippen LogP contribution >= 0.6 is 15.9 Å². The smallest absolute Gasteiger partial charge is 0.166 e. The van der Waals surface area contributed by atoms with Crippen LogP contribution in [0.4, 0.5) is 21.7 Å². The predicted molar refractivity (Wildman–Crippen MR) is 100 cm³/mol. The monoisotopic (exact) mass is 402 g/mol. The maximum atomic E-state index is 14.1. The number of nitrogens with two attached hydrogens (primary N) is 1. The molecule has 0 atom stereocenters. The minimum absolute atomic E-state index is 0.346. The van der Waals surface area contributed by atoms with Crippen molar-refractivity contribution in [1.29, 1.82) is 0 Å². The van der Waals surface area contributed by atoms with Gasteiger partial charge in [0.1, 0.15) is 17.5 Å². The molecule has 0 radical (unpaired) electrons. The molecule has 0 aliphatic heterocycles. The number of nitrogens with one attached hydrogen (secondary N) is 2. The molecular formula is C17H16BrFN6. The summed E-state index contributed by atoms with van der Waals surface area (Å²) in [6.07, 6.45) is 7.14. The molecule has 1 aromatic carbocycles. The zero-order chi connectivity index (χ0) is 17.4. The van der Waals surface area contributed by atoms with Crippen LogP contribution in [-0.4, -0.2) is 20.6 Å². The molecule has 1 fully saturated rings. The summed E-state index contributed by atoms with van der Waals surface area (Å²) >= 11 is 3.35. The first-order chi connectivity index (χ1) is 12.1. The second-order valence-corrected chi connectivity index (χ2v) is 6.80. The number of fused-ring (bicyclic) bond motifs is 1. The third kappa shape index (κ3) is 3.30. The third-order valence-electron chi connectivity index (χ3n) is 3.90. The Labute approximate surface area is 152 Å². The molecule has 0 amide bonds. The molecule has 4 rings (SSSR count). The lowest BCUT2D eigenvalue weighted by atomic mass is 10.3. The van der Waals surface area contributed by atoms with E-state index in [2.05, 4.69) is 36.6 Å². The van der Waals surface area contributed by atoms with E-state index >= 15 is 0 Å². The van der Waals surface area contributed by atoms with E-state index in [9.17, 15) is 4.39 Å². The van der Waals surface area contributed by atoms with Gasteiger partial charge in [0.2, 0.25) is 0 Å². The lowest BCUT2D eigenvalue weighted by Crippen LogP contribution is -2.09. The Morgan fingerprint density at radius 2 is 2.16 bits per heavy atom. The normalized spacial score (nSPS) is 14.3. The van der Waals surface area contributed by atoms with Gasteiger partial charge < -0.3 is 16.4 Å². The Bertz CT molecular complexity index is 963. The van der Waals surface area contributed by atoms with E-state index in [4.69, 9.17) is 5.73 Å². The maximum Gasteiger partial charge on any atom is 0.166 e. The molecule has 25 heavy (non-hydrogen) atoms. The summed E-state index contributed by atoms with van der Waals surface area (Å²) in [5, 5.41) is 10.8. The van der Waals surface area contributed by atoms with Gasteiger partial charge in [0.25, 0.3) is 0 Å². The summed E-state index contributed by atoms with van der Waals surface area (Å²) in [5.74, 6) is 0.985. The molecule has 1 aliphatic rings. The van der Waals surface area contributed by atoms with Crippen LogP contribution < -0.4 is 16.4 Å². The van der Waals surface area contributed by atoms with Gasteiger partial charge in [-0.05, 0) is 43.3 Å². The van der Waals surface area contributed by atoms with Crippen molar-refractivity contribution in [2.24, 2.45) is 5.73 Å². The molecule has 6 nitrogen and oxygen atoms in total. The van der Waals surface area contributed by atoms with Crippen molar-refractivity contribution >= 4 is 45.0 Å². The van der Waals surface area contributed by atoms with Gasteiger partial charge in [-0.3, -0.25) is 0 Å². The van der Waals surface area contributed by atoms with Crippen LogP contribution in [0.3, 0.4) is 0 Å². The van der Waals surface area contributed by atoms with E-state index in [0.29, 0.717) is 23.2 Å². The van der Waals surface area contributed by atoms with E-state index in [1.165, 1.54) is 12.3 Å². The topological polar surface area (TPSA) is 80.3 Å². The summed E-state index contributed by atoms with van der Waals surface area (Å²) in [5.41, 5.74) is 7.29. The molecule has 0 bridgehead atoms. The minimum atomic E-state index is -0.350. The number of hydrogen-bond donors (Lipinski definition) is 3. The summed E-state index contributed by atoms with van der Waals surface area (Å²) in [6.45, 7) is 0. The molecule has 128 valence electrons. The lowest BCUT2D eigenvalue weighted by molar-refractivity contribution is 0.631. The zero-order valence-corrected chi connectivity index (χ0v) is 14.8. The van der Waals surface area contributed by atoms with Gasteiger partial charge in [0.05, 0.1) is 11.9 Å². The number of benzene rings is 1. The highest BCUT2D eigenvalue weighted by molar-refractivity contribution is 9.10. The number of rotatable bonds is 5. The van der Waals surface area contributed by atoms with Crippen molar-refractivity contribution in [3.05, 3.63) is 52.5 Å². The molecule has 0 unspecified atom stereocenters. The SMILES string of the molecule is N/C=C\c1cnn2c(NC3CC3)cc(Nc3cc(Br)ccc3F)nc12. The Balaban J connectivity index is 1.79. The summed E-state index contributed by atoms with van der Waals surface area (Å²) in [6, 6.07) is 6.99. The van der Waals surface area contributed by atoms with Crippen molar-refractivity contribution in [3.8, 4) is 0 Å². The van der Waals surface area contributed by atoms with E-state index in [0.717, 1.165) is 28.7 Å².